The molecule has 0 unspecified atom stereocenters. The fourth-order valence-electron chi connectivity index (χ4n) is 4.17. The van der Waals surface area contributed by atoms with Gasteiger partial charge in [0.05, 0.1) is 47.4 Å². The van der Waals surface area contributed by atoms with E-state index >= 15 is 0 Å². The molecule has 7 nitrogen and oxygen atoms in total. The fraction of sp³-hybridized carbons (Fsp3) is 0.217. The standard InChI is InChI=1S/C23H17N7/c24-7-6-23(12-16(13-23)14-25)30-28-15-22(29-30)19-10-17(20-5-1-2-8-26-20)11-21-18(19)4-3-9-27-21/h1-5,8-11,15-16H,6,12-13H2. The van der Waals surface area contributed by atoms with Crippen LogP contribution in [-0.2, 0) is 5.54 Å². The van der Waals surface area contributed by atoms with Gasteiger partial charge in [0, 0.05) is 28.9 Å². The number of aromatic nitrogens is 5. The van der Waals surface area contributed by atoms with Crippen LogP contribution in [0.3, 0.4) is 0 Å². The maximum absolute atomic E-state index is 9.30. The third kappa shape index (κ3) is 2.89. The Bertz CT molecular complexity index is 1300. The monoisotopic (exact) mass is 391 g/mol. The minimum absolute atomic E-state index is 0.0506. The second kappa shape index (κ2) is 7.06. The lowest BCUT2D eigenvalue weighted by Crippen LogP contribution is -2.47. The Balaban J connectivity index is 1.62. The van der Waals surface area contributed by atoms with Crippen LogP contribution in [0.15, 0.2) is 61.1 Å². The SMILES string of the molecule is N#CCC1(n2ncc(-c3cc(-c4ccccn4)cc4ncccc34)n2)CC(C#N)C1. The quantitative estimate of drug-likeness (QED) is 0.519. The van der Waals surface area contributed by atoms with Crippen LogP contribution < -0.4 is 0 Å². The van der Waals surface area contributed by atoms with E-state index in [4.69, 9.17) is 5.10 Å². The Kier molecular flexibility index (Phi) is 4.22. The first-order valence-corrected chi connectivity index (χ1v) is 9.72. The van der Waals surface area contributed by atoms with Gasteiger partial charge in [0.15, 0.2) is 0 Å². The van der Waals surface area contributed by atoms with Crippen molar-refractivity contribution in [3.05, 3.63) is 61.1 Å². The molecule has 5 rings (SSSR count). The number of benzene rings is 1. The first-order chi connectivity index (χ1) is 14.7. The molecule has 0 aliphatic heterocycles. The second-order valence-corrected chi connectivity index (χ2v) is 7.62. The minimum Gasteiger partial charge on any atom is -0.256 e. The molecule has 1 aliphatic rings. The van der Waals surface area contributed by atoms with Crippen LogP contribution in [0.1, 0.15) is 19.3 Å². The van der Waals surface area contributed by atoms with Crippen molar-refractivity contribution < 1.29 is 0 Å². The molecular weight excluding hydrogens is 374 g/mol. The topological polar surface area (TPSA) is 104 Å². The van der Waals surface area contributed by atoms with Crippen LogP contribution in [0.25, 0.3) is 33.4 Å². The molecule has 0 saturated heterocycles. The zero-order chi connectivity index (χ0) is 20.6. The van der Waals surface area contributed by atoms with Gasteiger partial charge >= 0.3 is 0 Å². The molecule has 0 amide bonds. The minimum atomic E-state index is -0.500. The summed E-state index contributed by atoms with van der Waals surface area (Å²) in [5.41, 5.74) is 3.78. The van der Waals surface area contributed by atoms with E-state index in [9.17, 15) is 10.5 Å². The Morgan fingerprint density at radius 3 is 2.67 bits per heavy atom. The molecule has 30 heavy (non-hydrogen) atoms. The van der Waals surface area contributed by atoms with Crippen LogP contribution in [0.4, 0.5) is 0 Å². The highest BCUT2D eigenvalue weighted by atomic mass is 15.5. The van der Waals surface area contributed by atoms with Gasteiger partial charge in [0.25, 0.3) is 0 Å². The predicted molar refractivity (Wildman–Crippen MR) is 111 cm³/mol. The fourth-order valence-corrected chi connectivity index (χ4v) is 4.17. The van der Waals surface area contributed by atoms with Gasteiger partial charge in [0.2, 0.25) is 0 Å². The first-order valence-electron chi connectivity index (χ1n) is 9.72. The predicted octanol–water partition coefficient (Wildman–Crippen LogP) is 4.10. The van der Waals surface area contributed by atoms with Gasteiger partial charge < -0.3 is 0 Å². The van der Waals surface area contributed by atoms with Gasteiger partial charge in [-0.15, -0.1) is 0 Å². The van der Waals surface area contributed by atoms with E-state index in [1.807, 2.05) is 36.4 Å². The summed E-state index contributed by atoms with van der Waals surface area (Å²) in [5.74, 6) is -0.0506. The molecule has 1 aromatic carbocycles. The third-order valence-corrected chi connectivity index (χ3v) is 5.72. The summed E-state index contributed by atoms with van der Waals surface area (Å²) in [6.07, 6.45) is 6.74. The van der Waals surface area contributed by atoms with E-state index in [-0.39, 0.29) is 12.3 Å². The molecule has 3 aromatic heterocycles. The molecule has 0 N–H and O–H groups in total. The van der Waals surface area contributed by atoms with Crippen molar-refractivity contribution in [1.29, 1.82) is 10.5 Å². The van der Waals surface area contributed by atoms with E-state index < -0.39 is 5.54 Å². The Hall–Kier alpha value is -4.10. The zero-order valence-corrected chi connectivity index (χ0v) is 16.1. The summed E-state index contributed by atoms with van der Waals surface area (Å²) in [7, 11) is 0. The summed E-state index contributed by atoms with van der Waals surface area (Å²) in [6, 6.07) is 18.3. The second-order valence-electron chi connectivity index (χ2n) is 7.62. The molecule has 1 fully saturated rings. The average molecular weight is 391 g/mol. The highest BCUT2D eigenvalue weighted by molar-refractivity contribution is 5.96. The number of rotatable bonds is 4. The molecule has 7 heteroatoms. The Labute approximate surface area is 173 Å². The van der Waals surface area contributed by atoms with Gasteiger partial charge in [-0.2, -0.15) is 25.5 Å². The molecular formula is C23H17N7. The Morgan fingerprint density at radius 2 is 1.90 bits per heavy atom. The van der Waals surface area contributed by atoms with E-state index in [2.05, 4.69) is 33.3 Å². The van der Waals surface area contributed by atoms with Crippen molar-refractivity contribution in [2.24, 2.45) is 5.92 Å². The van der Waals surface area contributed by atoms with Crippen molar-refractivity contribution in [2.45, 2.75) is 24.8 Å². The number of hydrogen-bond acceptors (Lipinski definition) is 6. The number of fused-ring (bicyclic) bond motifs is 1. The molecule has 0 spiro atoms. The Morgan fingerprint density at radius 1 is 1.03 bits per heavy atom. The summed E-state index contributed by atoms with van der Waals surface area (Å²) >= 11 is 0. The van der Waals surface area contributed by atoms with Crippen LogP contribution in [0, 0.1) is 28.6 Å². The highest BCUT2D eigenvalue weighted by Gasteiger charge is 2.48. The zero-order valence-electron chi connectivity index (χ0n) is 16.1. The molecule has 1 saturated carbocycles. The van der Waals surface area contributed by atoms with Crippen LogP contribution in [-0.4, -0.2) is 25.0 Å². The number of nitrogens with zero attached hydrogens (tertiary/aromatic N) is 7. The van der Waals surface area contributed by atoms with Crippen molar-refractivity contribution >= 4 is 10.9 Å². The highest BCUT2D eigenvalue weighted by Crippen LogP contribution is 2.45. The number of nitriles is 2. The molecule has 4 aromatic rings. The third-order valence-electron chi connectivity index (χ3n) is 5.72. The molecule has 1 aliphatic carbocycles. The van der Waals surface area contributed by atoms with Gasteiger partial charge in [-0.25, -0.2) is 0 Å². The molecule has 0 radical (unpaired) electrons. The van der Waals surface area contributed by atoms with Gasteiger partial charge in [0.1, 0.15) is 5.69 Å². The molecule has 3 heterocycles. The largest absolute Gasteiger partial charge is 0.256 e. The molecule has 144 valence electrons. The van der Waals surface area contributed by atoms with Crippen molar-refractivity contribution in [3.8, 4) is 34.7 Å². The van der Waals surface area contributed by atoms with Crippen LogP contribution >= 0.6 is 0 Å². The van der Waals surface area contributed by atoms with Gasteiger partial charge in [-0.05, 0) is 43.2 Å². The van der Waals surface area contributed by atoms with Crippen LogP contribution in [0.5, 0.6) is 0 Å². The van der Waals surface area contributed by atoms with E-state index in [1.165, 1.54) is 0 Å². The summed E-state index contributed by atoms with van der Waals surface area (Å²) in [5, 5.41) is 28.7. The number of pyridine rings is 2. The first kappa shape index (κ1) is 18.0. The smallest absolute Gasteiger partial charge is 0.113 e. The maximum Gasteiger partial charge on any atom is 0.113 e. The van der Waals surface area contributed by atoms with E-state index in [0.717, 1.165) is 27.7 Å². The van der Waals surface area contributed by atoms with Crippen molar-refractivity contribution in [3.63, 3.8) is 0 Å². The summed E-state index contributed by atoms with van der Waals surface area (Å²) in [4.78, 5) is 10.6. The van der Waals surface area contributed by atoms with Crippen LogP contribution in [0.2, 0.25) is 0 Å². The van der Waals surface area contributed by atoms with Gasteiger partial charge in [-0.3, -0.25) is 9.97 Å². The molecule has 0 bridgehead atoms. The summed E-state index contributed by atoms with van der Waals surface area (Å²) < 4.78 is 0. The maximum atomic E-state index is 9.30. The average Bonchev–Trinajstić information content (AvgIpc) is 3.26. The lowest BCUT2D eigenvalue weighted by Gasteiger charge is -2.42. The van der Waals surface area contributed by atoms with Crippen molar-refractivity contribution in [2.75, 3.05) is 0 Å². The normalized spacial score (nSPS) is 20.3. The lowest BCUT2D eigenvalue weighted by atomic mass is 9.68. The van der Waals surface area contributed by atoms with Gasteiger partial charge in [-0.1, -0.05) is 12.1 Å². The van der Waals surface area contributed by atoms with E-state index in [0.29, 0.717) is 18.5 Å². The van der Waals surface area contributed by atoms with E-state index in [1.54, 1.807) is 23.4 Å². The van der Waals surface area contributed by atoms with Crippen molar-refractivity contribution in [1.82, 2.24) is 25.0 Å². The number of hydrogen-bond donors (Lipinski definition) is 0. The summed E-state index contributed by atoms with van der Waals surface area (Å²) in [6.45, 7) is 0. The lowest BCUT2D eigenvalue weighted by molar-refractivity contribution is 0.0713. The molecule has 0 atom stereocenters.